The zero-order valence-corrected chi connectivity index (χ0v) is 36.6. The fourth-order valence-corrected chi connectivity index (χ4v) is 7.38. The van der Waals surface area contributed by atoms with Crippen molar-refractivity contribution in [2.24, 2.45) is 0 Å². The highest BCUT2D eigenvalue weighted by Gasteiger charge is 2.44. The Morgan fingerprint density at radius 3 is 1.44 bits per heavy atom. The van der Waals surface area contributed by atoms with Gasteiger partial charge in [-0.15, -0.1) is 0 Å². The van der Waals surface area contributed by atoms with Gasteiger partial charge in [0.1, 0.15) is 31.0 Å². The van der Waals surface area contributed by atoms with Crippen LogP contribution in [0.4, 0.5) is 0 Å². The van der Waals surface area contributed by atoms with Crippen molar-refractivity contribution in [2.75, 3.05) is 19.8 Å². The van der Waals surface area contributed by atoms with Crippen LogP contribution < -0.4 is 0 Å². The van der Waals surface area contributed by atoms with E-state index in [-0.39, 0.29) is 32.0 Å². The number of aliphatic hydroxyl groups excluding tert-OH is 4. The van der Waals surface area contributed by atoms with Crippen LogP contribution in [0.1, 0.15) is 219 Å². The summed E-state index contributed by atoms with van der Waals surface area (Å²) >= 11 is 0. The Hall–Kier alpha value is -1.56. The van der Waals surface area contributed by atoms with Crippen molar-refractivity contribution in [3.63, 3.8) is 0 Å². The average Bonchev–Trinajstić information content (AvgIpc) is 3.21. The number of carbonyl (C=O) groups excluding carboxylic acids is 2. The van der Waals surface area contributed by atoms with Crippen molar-refractivity contribution in [3.8, 4) is 0 Å². The normalized spacial score (nSPS) is 20.3. The van der Waals surface area contributed by atoms with Crippen molar-refractivity contribution in [2.45, 2.75) is 256 Å². The number of aliphatic hydroxyl groups is 4. The molecule has 0 bridgehead atoms. The number of carbonyl (C=O) groups is 2. The summed E-state index contributed by atoms with van der Waals surface area (Å²) in [7, 11) is 0. The maximum atomic E-state index is 12.7. The van der Waals surface area contributed by atoms with E-state index in [1.54, 1.807) is 0 Å². The summed E-state index contributed by atoms with van der Waals surface area (Å²) in [6.45, 7) is 3.42. The van der Waals surface area contributed by atoms with Crippen molar-refractivity contribution in [1.82, 2.24) is 0 Å². The van der Waals surface area contributed by atoms with Gasteiger partial charge in [0.05, 0.1) is 13.2 Å². The quantitative estimate of drug-likeness (QED) is 0.0267. The van der Waals surface area contributed by atoms with Crippen LogP contribution in [0.2, 0.25) is 0 Å². The Kier molecular flexibility index (Phi) is 36.2. The molecule has 336 valence electrons. The van der Waals surface area contributed by atoms with Crippen LogP contribution >= 0.6 is 0 Å². The number of hydrogen-bond acceptors (Lipinski definition) is 10. The molecule has 1 fully saturated rings. The van der Waals surface area contributed by atoms with E-state index in [4.69, 9.17) is 18.9 Å². The zero-order chi connectivity index (χ0) is 41.6. The summed E-state index contributed by atoms with van der Waals surface area (Å²) in [5, 5.41) is 40.1. The van der Waals surface area contributed by atoms with Crippen LogP contribution in [0.25, 0.3) is 0 Å². The Balaban J connectivity index is 2.31. The molecular formula is C47H88O10. The molecule has 1 heterocycles. The van der Waals surface area contributed by atoms with Gasteiger partial charge in [-0.2, -0.15) is 0 Å². The molecule has 1 rings (SSSR count). The first-order valence-electron chi connectivity index (χ1n) is 23.8. The maximum Gasteiger partial charge on any atom is 0.306 e. The van der Waals surface area contributed by atoms with Crippen LogP contribution in [-0.2, 0) is 28.5 Å². The lowest BCUT2D eigenvalue weighted by Gasteiger charge is -2.39. The highest BCUT2D eigenvalue weighted by Crippen LogP contribution is 2.23. The smallest absolute Gasteiger partial charge is 0.306 e. The maximum absolute atomic E-state index is 12.7. The van der Waals surface area contributed by atoms with Gasteiger partial charge in [-0.3, -0.25) is 9.59 Å². The van der Waals surface area contributed by atoms with Gasteiger partial charge < -0.3 is 39.4 Å². The van der Waals surface area contributed by atoms with E-state index in [0.717, 1.165) is 32.1 Å². The van der Waals surface area contributed by atoms with Gasteiger partial charge in [-0.1, -0.05) is 193 Å². The molecule has 0 saturated carbocycles. The van der Waals surface area contributed by atoms with Gasteiger partial charge in [-0.05, 0) is 25.7 Å². The van der Waals surface area contributed by atoms with Crippen LogP contribution in [0.5, 0.6) is 0 Å². The number of esters is 2. The topological polar surface area (TPSA) is 152 Å². The number of ether oxygens (including phenoxy) is 4. The molecule has 1 aliphatic heterocycles. The van der Waals surface area contributed by atoms with Crippen LogP contribution in [-0.4, -0.2) is 89.0 Å². The van der Waals surface area contributed by atoms with Crippen LogP contribution in [0, 0.1) is 0 Å². The van der Waals surface area contributed by atoms with Crippen molar-refractivity contribution >= 4 is 11.9 Å². The molecule has 0 aromatic carbocycles. The van der Waals surface area contributed by atoms with Gasteiger partial charge in [0.25, 0.3) is 0 Å². The SMILES string of the molecule is CCCCCCCCCCCCC/C=C/CCC(=O)O[C@@H](COC(=O)CCCCCCCCCCCCCCCCCCC)CO[C@H]1O[C@@H](CO)[C@@H](O)C(O)C1O. The molecule has 0 amide bonds. The number of unbranched alkanes of at least 4 members (excludes halogenated alkanes) is 27. The van der Waals surface area contributed by atoms with Crippen LogP contribution in [0.15, 0.2) is 12.2 Å². The minimum atomic E-state index is -1.60. The van der Waals surface area contributed by atoms with Gasteiger partial charge in [-0.25, -0.2) is 0 Å². The van der Waals surface area contributed by atoms with E-state index in [1.807, 2.05) is 6.08 Å². The average molecular weight is 813 g/mol. The highest BCUT2D eigenvalue weighted by molar-refractivity contribution is 5.70. The lowest BCUT2D eigenvalue weighted by atomic mass is 9.99. The van der Waals surface area contributed by atoms with Crippen molar-refractivity contribution in [1.29, 1.82) is 0 Å². The first kappa shape index (κ1) is 53.5. The van der Waals surface area contributed by atoms with Crippen LogP contribution in [0.3, 0.4) is 0 Å². The molecule has 10 heteroatoms. The molecule has 1 aliphatic rings. The lowest BCUT2D eigenvalue weighted by molar-refractivity contribution is -0.305. The number of hydrogen-bond donors (Lipinski definition) is 4. The summed E-state index contributed by atoms with van der Waals surface area (Å²) in [6.07, 6.45) is 33.7. The Morgan fingerprint density at radius 2 is 0.965 bits per heavy atom. The third-order valence-corrected chi connectivity index (χ3v) is 11.2. The first-order chi connectivity index (χ1) is 27.8. The monoisotopic (exact) mass is 813 g/mol. The molecule has 2 unspecified atom stereocenters. The van der Waals surface area contributed by atoms with Gasteiger partial charge in [0, 0.05) is 12.8 Å². The fourth-order valence-electron chi connectivity index (χ4n) is 7.38. The molecule has 0 radical (unpaired) electrons. The second-order valence-electron chi connectivity index (χ2n) is 16.6. The summed E-state index contributed by atoms with van der Waals surface area (Å²) in [4.78, 5) is 25.3. The molecule has 10 nitrogen and oxygen atoms in total. The third kappa shape index (κ3) is 30.2. The summed E-state index contributed by atoms with van der Waals surface area (Å²) < 4.78 is 22.1. The number of rotatable bonds is 40. The Labute approximate surface area is 348 Å². The summed E-state index contributed by atoms with van der Waals surface area (Å²) in [6, 6.07) is 0. The molecule has 4 N–H and O–H groups in total. The Bertz CT molecular complexity index is 943. The highest BCUT2D eigenvalue weighted by atomic mass is 16.7. The molecule has 57 heavy (non-hydrogen) atoms. The van der Waals surface area contributed by atoms with Gasteiger partial charge >= 0.3 is 11.9 Å². The summed E-state index contributed by atoms with van der Waals surface area (Å²) in [5.74, 6) is -0.851. The summed E-state index contributed by atoms with van der Waals surface area (Å²) in [5.41, 5.74) is 0. The molecule has 0 spiro atoms. The van der Waals surface area contributed by atoms with E-state index in [2.05, 4.69) is 19.9 Å². The minimum absolute atomic E-state index is 0.151. The lowest BCUT2D eigenvalue weighted by Crippen LogP contribution is -2.59. The number of allylic oxidation sites excluding steroid dienone is 2. The predicted molar refractivity (Wildman–Crippen MR) is 229 cm³/mol. The zero-order valence-electron chi connectivity index (χ0n) is 36.6. The minimum Gasteiger partial charge on any atom is -0.462 e. The molecule has 1 saturated heterocycles. The Morgan fingerprint density at radius 1 is 0.526 bits per heavy atom. The third-order valence-electron chi connectivity index (χ3n) is 11.2. The fraction of sp³-hybridized carbons (Fsp3) is 0.915. The van der Waals surface area contributed by atoms with Gasteiger partial charge in [0.2, 0.25) is 0 Å². The standard InChI is InChI=1S/C47H88O10/c1-3-5-7-9-11-13-15-17-19-20-22-23-25-27-29-31-33-35-42(49)54-38-40(39-55-47-46(53)45(52)44(51)41(37-48)57-47)56-43(50)36-34-32-30-28-26-24-21-18-16-14-12-10-8-6-4-2/h30,32,40-41,44-48,51-53H,3-29,31,33-39H2,1-2H3/b32-30+/t40-,41-,44+,45?,46?,47-/m0/s1. The molecule has 6 atom stereocenters. The molecule has 0 aromatic rings. The van der Waals surface area contributed by atoms with E-state index < -0.39 is 49.4 Å². The molecular weight excluding hydrogens is 725 g/mol. The molecule has 0 aliphatic carbocycles. The second kappa shape index (κ2) is 38.6. The second-order valence-corrected chi connectivity index (χ2v) is 16.6. The van der Waals surface area contributed by atoms with E-state index in [0.29, 0.717) is 6.42 Å². The molecule has 0 aromatic heterocycles. The first-order valence-corrected chi connectivity index (χ1v) is 23.8. The van der Waals surface area contributed by atoms with E-state index >= 15 is 0 Å². The van der Waals surface area contributed by atoms with Crippen molar-refractivity contribution < 1.29 is 49.0 Å². The predicted octanol–water partition coefficient (Wildman–Crippen LogP) is 10.3. The van der Waals surface area contributed by atoms with Gasteiger partial charge in [0.15, 0.2) is 12.4 Å². The van der Waals surface area contributed by atoms with E-state index in [1.165, 1.54) is 154 Å². The van der Waals surface area contributed by atoms with E-state index in [9.17, 15) is 30.0 Å². The largest absolute Gasteiger partial charge is 0.462 e. The van der Waals surface area contributed by atoms with Crippen molar-refractivity contribution in [3.05, 3.63) is 12.2 Å².